The number of ether oxygens (including phenoxy) is 1. The van der Waals surface area contributed by atoms with Crippen molar-refractivity contribution in [2.75, 3.05) is 20.3 Å². The van der Waals surface area contributed by atoms with E-state index in [0.29, 0.717) is 0 Å². The second-order valence-corrected chi connectivity index (χ2v) is 2.12. The largest absolute Gasteiger partial charge is 0.453 e. The van der Waals surface area contributed by atoms with Crippen LogP contribution in [0.3, 0.4) is 0 Å². The molecule has 4 heteroatoms. The fourth-order valence-corrected chi connectivity index (χ4v) is 0.543. The Balaban J connectivity index is 3.46. The Kier molecular flexibility index (Phi) is 3.26. The summed E-state index contributed by atoms with van der Waals surface area (Å²) in [7, 11) is 4.11. The van der Waals surface area contributed by atoms with E-state index in [9.17, 15) is 4.79 Å². The van der Waals surface area contributed by atoms with Crippen molar-refractivity contribution in [3.8, 4) is 0 Å². The fraction of sp³-hybridized carbons (Fsp3) is 0.750. The molecular formula is C4H11NO2Si. The Morgan fingerprint density at radius 1 is 1.88 bits per heavy atom. The molecule has 0 rings (SSSR count). The van der Waals surface area contributed by atoms with Gasteiger partial charge in [-0.25, -0.2) is 4.79 Å². The summed E-state index contributed by atoms with van der Waals surface area (Å²) in [5, 5.41) is 0. The first kappa shape index (κ1) is 7.49. The summed E-state index contributed by atoms with van der Waals surface area (Å²) in [6.45, 7) is 0. The fourth-order valence-electron chi connectivity index (χ4n) is 0.285. The SMILES string of the molecule is COC(=O)N(C)C[SiH3]. The minimum atomic E-state index is -0.250. The standard InChI is InChI=1S/C4H11NO2Si/c1-5(3-8)4(6)7-2/h3H2,1-2,8H3. The summed E-state index contributed by atoms with van der Waals surface area (Å²) in [4.78, 5) is 12.0. The lowest BCUT2D eigenvalue weighted by Gasteiger charge is -2.10. The van der Waals surface area contributed by atoms with E-state index in [2.05, 4.69) is 4.74 Å². The number of carbonyl (C=O) groups excluding carboxylic acids is 1. The molecule has 0 spiro atoms. The minimum absolute atomic E-state index is 0.250. The van der Waals surface area contributed by atoms with Gasteiger partial charge in [-0.3, -0.25) is 0 Å². The van der Waals surface area contributed by atoms with Gasteiger partial charge in [-0.15, -0.1) is 0 Å². The molecule has 0 aliphatic heterocycles. The van der Waals surface area contributed by atoms with Gasteiger partial charge in [0.1, 0.15) is 0 Å². The molecule has 0 N–H and O–H groups in total. The quantitative estimate of drug-likeness (QED) is 0.430. The first-order valence-electron chi connectivity index (χ1n) is 2.51. The molecule has 48 valence electrons. The number of carbonyl (C=O) groups is 1. The second kappa shape index (κ2) is 3.48. The molecule has 0 radical (unpaired) electrons. The first-order valence-corrected chi connectivity index (χ1v) is 3.92. The number of methoxy groups -OCH3 is 1. The maximum absolute atomic E-state index is 10.5. The monoisotopic (exact) mass is 133 g/mol. The van der Waals surface area contributed by atoms with Crippen molar-refractivity contribution in [3.05, 3.63) is 0 Å². The van der Waals surface area contributed by atoms with Crippen LogP contribution in [-0.4, -0.2) is 41.6 Å². The number of hydrogen-bond acceptors (Lipinski definition) is 2. The third-order valence-electron chi connectivity index (χ3n) is 0.961. The van der Waals surface area contributed by atoms with Crippen molar-refractivity contribution in [2.45, 2.75) is 0 Å². The lowest BCUT2D eigenvalue weighted by Crippen LogP contribution is -2.27. The van der Waals surface area contributed by atoms with Gasteiger partial charge in [-0.05, 0) is 0 Å². The van der Waals surface area contributed by atoms with Crippen LogP contribution in [0.1, 0.15) is 0 Å². The normalized spacial score (nSPS) is 8.75. The van der Waals surface area contributed by atoms with Crippen molar-refractivity contribution < 1.29 is 9.53 Å². The van der Waals surface area contributed by atoms with Gasteiger partial charge in [0, 0.05) is 23.5 Å². The molecule has 0 bridgehead atoms. The first-order chi connectivity index (χ1) is 3.72. The van der Waals surface area contributed by atoms with Crippen LogP contribution in [0, 0.1) is 0 Å². The second-order valence-electron chi connectivity index (χ2n) is 1.48. The van der Waals surface area contributed by atoms with Gasteiger partial charge >= 0.3 is 6.09 Å². The summed E-state index contributed by atoms with van der Waals surface area (Å²) < 4.78 is 4.41. The maximum Gasteiger partial charge on any atom is 0.408 e. The van der Waals surface area contributed by atoms with Crippen LogP contribution < -0.4 is 0 Å². The highest BCUT2D eigenvalue weighted by Gasteiger charge is 2.01. The molecule has 3 nitrogen and oxygen atoms in total. The van der Waals surface area contributed by atoms with E-state index in [1.54, 1.807) is 11.9 Å². The summed E-state index contributed by atoms with van der Waals surface area (Å²) in [5.41, 5.74) is 0. The maximum atomic E-state index is 10.5. The molecule has 0 aliphatic rings. The Hall–Kier alpha value is -0.513. The van der Waals surface area contributed by atoms with Crippen LogP contribution in [-0.2, 0) is 4.74 Å². The lowest BCUT2D eigenvalue weighted by atomic mass is 10.9. The molecule has 0 aromatic carbocycles. The molecule has 1 amide bonds. The Morgan fingerprint density at radius 3 is 2.50 bits per heavy atom. The third kappa shape index (κ3) is 1.97. The van der Waals surface area contributed by atoms with Gasteiger partial charge < -0.3 is 9.64 Å². The van der Waals surface area contributed by atoms with E-state index in [0.717, 1.165) is 16.4 Å². The smallest absolute Gasteiger partial charge is 0.408 e. The van der Waals surface area contributed by atoms with Gasteiger partial charge in [0.15, 0.2) is 0 Å². The highest BCUT2D eigenvalue weighted by atomic mass is 28.1. The Morgan fingerprint density at radius 2 is 2.38 bits per heavy atom. The van der Waals surface area contributed by atoms with E-state index in [1.165, 1.54) is 7.11 Å². The van der Waals surface area contributed by atoms with Gasteiger partial charge in [0.05, 0.1) is 7.11 Å². The molecule has 0 atom stereocenters. The van der Waals surface area contributed by atoms with Crippen LogP contribution in [0.4, 0.5) is 4.79 Å². The Bertz CT molecular complexity index is 86.1. The molecule has 0 saturated carbocycles. The number of rotatable bonds is 1. The van der Waals surface area contributed by atoms with Crippen LogP contribution in [0.25, 0.3) is 0 Å². The van der Waals surface area contributed by atoms with Crippen LogP contribution >= 0.6 is 0 Å². The average molecular weight is 133 g/mol. The molecule has 0 aromatic heterocycles. The van der Waals surface area contributed by atoms with E-state index < -0.39 is 0 Å². The average Bonchev–Trinajstić information content (AvgIpc) is 1.84. The van der Waals surface area contributed by atoms with Crippen LogP contribution in [0.15, 0.2) is 0 Å². The number of amides is 1. The predicted octanol–water partition coefficient (Wildman–Crippen LogP) is -0.992. The minimum Gasteiger partial charge on any atom is -0.453 e. The molecule has 0 heterocycles. The summed E-state index contributed by atoms with van der Waals surface area (Å²) in [6, 6.07) is 0. The zero-order valence-corrected chi connectivity index (χ0v) is 7.47. The van der Waals surface area contributed by atoms with E-state index >= 15 is 0 Å². The van der Waals surface area contributed by atoms with Crippen molar-refractivity contribution in [3.63, 3.8) is 0 Å². The molecule has 0 aliphatic carbocycles. The topological polar surface area (TPSA) is 29.5 Å². The highest BCUT2D eigenvalue weighted by Crippen LogP contribution is 1.82. The molecular weight excluding hydrogens is 122 g/mol. The van der Waals surface area contributed by atoms with E-state index in [1.807, 2.05) is 0 Å². The number of hydrogen-bond donors (Lipinski definition) is 0. The zero-order chi connectivity index (χ0) is 6.57. The van der Waals surface area contributed by atoms with Gasteiger partial charge in [-0.2, -0.15) is 0 Å². The molecule has 0 unspecified atom stereocenters. The van der Waals surface area contributed by atoms with E-state index in [4.69, 9.17) is 0 Å². The summed E-state index contributed by atoms with van der Waals surface area (Å²) in [5.74, 6) is 0. The van der Waals surface area contributed by atoms with Crippen molar-refractivity contribution in [2.24, 2.45) is 0 Å². The summed E-state index contributed by atoms with van der Waals surface area (Å²) >= 11 is 0. The van der Waals surface area contributed by atoms with Crippen LogP contribution in [0.5, 0.6) is 0 Å². The van der Waals surface area contributed by atoms with Crippen molar-refractivity contribution in [1.29, 1.82) is 0 Å². The van der Waals surface area contributed by atoms with Gasteiger partial charge in [0.25, 0.3) is 0 Å². The van der Waals surface area contributed by atoms with E-state index in [-0.39, 0.29) is 6.09 Å². The predicted molar refractivity (Wildman–Crippen MR) is 35.0 cm³/mol. The molecule has 8 heavy (non-hydrogen) atoms. The number of nitrogens with zero attached hydrogens (tertiary/aromatic N) is 1. The summed E-state index contributed by atoms with van der Waals surface area (Å²) in [6.07, 6.45) is 0.576. The van der Waals surface area contributed by atoms with Gasteiger partial charge in [-0.1, -0.05) is 0 Å². The lowest BCUT2D eigenvalue weighted by molar-refractivity contribution is 0.139. The third-order valence-corrected chi connectivity index (χ3v) is 1.91. The van der Waals surface area contributed by atoms with Crippen LogP contribution in [0.2, 0.25) is 0 Å². The van der Waals surface area contributed by atoms with Gasteiger partial charge in [0.2, 0.25) is 0 Å². The molecule has 0 aromatic rings. The highest BCUT2D eigenvalue weighted by molar-refractivity contribution is 6.09. The van der Waals surface area contributed by atoms with Crippen molar-refractivity contribution >= 4 is 16.3 Å². The zero-order valence-electron chi connectivity index (χ0n) is 5.47. The Labute approximate surface area is 52.0 Å². The molecule has 0 saturated heterocycles. The molecule has 0 fully saturated rings. The van der Waals surface area contributed by atoms with Crippen molar-refractivity contribution in [1.82, 2.24) is 4.90 Å².